The summed E-state index contributed by atoms with van der Waals surface area (Å²) in [6.07, 6.45) is 1.67. The minimum absolute atomic E-state index is 0. The van der Waals surface area contributed by atoms with E-state index in [1.54, 1.807) is 18.3 Å². The standard InChI is InChI=1S/C9H7NO.Li.H/c11-8-5-1-3-7-4-2-6-10-9(7)8;;/h1-6,11H;;/q;+1;-1. The van der Waals surface area contributed by atoms with Crippen molar-refractivity contribution in [1.29, 1.82) is 0 Å². The van der Waals surface area contributed by atoms with E-state index < -0.39 is 0 Å². The van der Waals surface area contributed by atoms with Gasteiger partial charge in [0.05, 0.1) is 0 Å². The number of hydrogen-bond acceptors (Lipinski definition) is 2. The maximum Gasteiger partial charge on any atom is 1.00 e. The first-order chi connectivity index (χ1) is 5.38. The molecule has 2 nitrogen and oxygen atoms in total. The van der Waals surface area contributed by atoms with E-state index in [1.165, 1.54) is 0 Å². The van der Waals surface area contributed by atoms with Gasteiger partial charge in [0, 0.05) is 11.6 Å². The fourth-order valence-electron chi connectivity index (χ4n) is 1.09. The molecule has 0 aliphatic carbocycles. The molecule has 1 heterocycles. The molecule has 0 unspecified atom stereocenters. The van der Waals surface area contributed by atoms with Crippen molar-refractivity contribution in [1.82, 2.24) is 4.98 Å². The second-order valence-corrected chi connectivity index (χ2v) is 2.35. The molecule has 0 saturated carbocycles. The second kappa shape index (κ2) is 3.62. The van der Waals surface area contributed by atoms with Gasteiger partial charge >= 0.3 is 18.9 Å². The van der Waals surface area contributed by atoms with Crippen molar-refractivity contribution in [2.24, 2.45) is 0 Å². The third-order valence-corrected chi connectivity index (χ3v) is 1.61. The zero-order valence-corrected chi connectivity index (χ0v) is 6.86. The van der Waals surface area contributed by atoms with Gasteiger partial charge in [-0.05, 0) is 12.1 Å². The Labute approximate surface area is 83.9 Å². The van der Waals surface area contributed by atoms with Crippen LogP contribution in [0.2, 0.25) is 0 Å². The predicted octanol–water partition coefficient (Wildman–Crippen LogP) is -0.943. The summed E-state index contributed by atoms with van der Waals surface area (Å²) in [6, 6.07) is 9.13. The molecule has 1 aromatic heterocycles. The summed E-state index contributed by atoms with van der Waals surface area (Å²) in [5, 5.41) is 10.3. The van der Waals surface area contributed by atoms with Crippen LogP contribution in [0.3, 0.4) is 0 Å². The molecule has 56 valence electrons. The number of para-hydroxylation sites is 1. The van der Waals surface area contributed by atoms with Gasteiger partial charge in [-0.1, -0.05) is 18.2 Å². The fraction of sp³-hybridized carbons (Fsp3) is 0. The number of phenols is 1. The number of benzene rings is 1. The number of rotatable bonds is 0. The van der Waals surface area contributed by atoms with E-state index in [1.807, 2.05) is 18.2 Å². The molecule has 0 fully saturated rings. The predicted molar refractivity (Wildman–Crippen MR) is 44.5 cm³/mol. The second-order valence-electron chi connectivity index (χ2n) is 2.35. The maximum absolute atomic E-state index is 9.31. The van der Waals surface area contributed by atoms with E-state index in [4.69, 9.17) is 0 Å². The van der Waals surface area contributed by atoms with Crippen LogP contribution in [0.4, 0.5) is 0 Å². The van der Waals surface area contributed by atoms with Gasteiger partial charge < -0.3 is 6.53 Å². The van der Waals surface area contributed by atoms with E-state index in [-0.39, 0.29) is 26.0 Å². The van der Waals surface area contributed by atoms with Crippen LogP contribution in [0.5, 0.6) is 5.75 Å². The smallest absolute Gasteiger partial charge is 1.00 e. The van der Waals surface area contributed by atoms with Crippen molar-refractivity contribution in [3.63, 3.8) is 0 Å². The molecule has 3 heteroatoms. The molecule has 0 amide bonds. The Hall–Kier alpha value is -0.973. The van der Waals surface area contributed by atoms with E-state index in [9.17, 15) is 5.11 Å². The molecule has 0 atom stereocenters. The summed E-state index contributed by atoms with van der Waals surface area (Å²) in [7, 11) is 0. The van der Waals surface area contributed by atoms with Gasteiger partial charge in [0.2, 0.25) is 0 Å². The van der Waals surface area contributed by atoms with Crippen LogP contribution >= 0.6 is 0 Å². The summed E-state index contributed by atoms with van der Waals surface area (Å²) in [6.45, 7) is 0. The van der Waals surface area contributed by atoms with Crippen molar-refractivity contribution in [3.05, 3.63) is 36.5 Å². The monoisotopic (exact) mass is 153 g/mol. The Bertz CT molecular complexity index is 389. The van der Waals surface area contributed by atoms with Crippen LogP contribution in [0.25, 0.3) is 10.9 Å². The number of nitrogens with zero attached hydrogens (tertiary/aromatic N) is 1. The quantitative estimate of drug-likeness (QED) is 0.495. The molecule has 0 radical (unpaired) electrons. The fourth-order valence-corrected chi connectivity index (χ4v) is 1.09. The van der Waals surface area contributed by atoms with Crippen molar-refractivity contribution in [2.75, 3.05) is 0 Å². The summed E-state index contributed by atoms with van der Waals surface area (Å²) >= 11 is 0. The first-order valence-electron chi connectivity index (χ1n) is 3.40. The van der Waals surface area contributed by atoms with Crippen molar-refractivity contribution in [2.45, 2.75) is 0 Å². The Morgan fingerprint density at radius 2 is 1.92 bits per heavy atom. The van der Waals surface area contributed by atoms with E-state index in [0.717, 1.165) is 5.39 Å². The van der Waals surface area contributed by atoms with Gasteiger partial charge in [-0.3, -0.25) is 4.98 Å². The van der Waals surface area contributed by atoms with Crippen LogP contribution in [0.15, 0.2) is 36.5 Å². The van der Waals surface area contributed by atoms with E-state index in [0.29, 0.717) is 5.52 Å². The van der Waals surface area contributed by atoms with E-state index >= 15 is 0 Å². The Morgan fingerprint density at radius 1 is 1.17 bits per heavy atom. The van der Waals surface area contributed by atoms with Crippen molar-refractivity contribution < 1.29 is 25.4 Å². The number of aromatic hydroxyl groups is 1. The van der Waals surface area contributed by atoms with E-state index in [2.05, 4.69) is 4.98 Å². The molecule has 2 rings (SSSR count). The molecule has 2 aromatic rings. The van der Waals surface area contributed by atoms with Gasteiger partial charge in [0.15, 0.2) is 0 Å². The van der Waals surface area contributed by atoms with Crippen molar-refractivity contribution in [3.8, 4) is 5.75 Å². The van der Waals surface area contributed by atoms with Crippen LogP contribution < -0.4 is 18.9 Å². The third kappa shape index (κ3) is 1.45. The maximum atomic E-state index is 9.31. The molecule has 0 bridgehead atoms. The van der Waals surface area contributed by atoms with Gasteiger partial charge in [0.1, 0.15) is 11.3 Å². The Morgan fingerprint density at radius 3 is 2.67 bits per heavy atom. The number of aromatic nitrogens is 1. The molecular weight excluding hydrogens is 145 g/mol. The summed E-state index contributed by atoms with van der Waals surface area (Å²) in [5.74, 6) is 0.239. The zero-order valence-electron chi connectivity index (χ0n) is 7.86. The largest absolute Gasteiger partial charge is 1.00 e. The SMILES string of the molecule is Oc1cccc2cccnc12.[H-].[Li+]. The molecule has 0 saturated heterocycles. The third-order valence-electron chi connectivity index (χ3n) is 1.61. The summed E-state index contributed by atoms with van der Waals surface area (Å²) < 4.78 is 0. The van der Waals surface area contributed by atoms with Gasteiger partial charge in [0.25, 0.3) is 0 Å². The zero-order chi connectivity index (χ0) is 7.68. The summed E-state index contributed by atoms with van der Waals surface area (Å²) in [4.78, 5) is 4.03. The number of phenolic OH excluding ortho intramolecular Hbond substituents is 1. The molecule has 0 aliphatic rings. The average molecular weight is 153 g/mol. The minimum atomic E-state index is 0. The molecule has 12 heavy (non-hydrogen) atoms. The topological polar surface area (TPSA) is 33.1 Å². The van der Waals surface area contributed by atoms with Crippen LogP contribution in [0.1, 0.15) is 1.43 Å². The molecule has 1 N–H and O–H groups in total. The van der Waals surface area contributed by atoms with Crippen LogP contribution in [-0.2, 0) is 0 Å². The Balaban J connectivity index is 0.000000720. The first kappa shape index (κ1) is 9.12. The van der Waals surface area contributed by atoms with Gasteiger partial charge in [-0.25, -0.2) is 0 Å². The number of hydrogen-bond donors (Lipinski definition) is 1. The van der Waals surface area contributed by atoms with Gasteiger partial charge in [-0.2, -0.15) is 0 Å². The molecule has 0 spiro atoms. The molecular formula is C9H8LiNO. The molecule has 0 aliphatic heterocycles. The van der Waals surface area contributed by atoms with Crippen LogP contribution in [-0.4, -0.2) is 10.1 Å². The minimum Gasteiger partial charge on any atom is -1.00 e. The average Bonchev–Trinajstić information content (AvgIpc) is 2.06. The van der Waals surface area contributed by atoms with Gasteiger partial charge in [-0.15, -0.1) is 0 Å². The normalized spacial score (nSPS) is 9.33. The summed E-state index contributed by atoms with van der Waals surface area (Å²) in [5.41, 5.74) is 0.662. The number of fused-ring (bicyclic) bond motifs is 1. The first-order valence-corrected chi connectivity index (χ1v) is 3.40. The molecule has 1 aromatic carbocycles. The van der Waals surface area contributed by atoms with Crippen LogP contribution in [0, 0.1) is 0 Å². The Kier molecular flexibility index (Phi) is 2.75. The number of pyridine rings is 1. The van der Waals surface area contributed by atoms with Crippen molar-refractivity contribution >= 4 is 10.9 Å².